The van der Waals surface area contributed by atoms with Gasteiger partial charge < -0.3 is 5.11 Å². The van der Waals surface area contributed by atoms with Crippen LogP contribution in [0.3, 0.4) is 0 Å². The summed E-state index contributed by atoms with van der Waals surface area (Å²) >= 11 is -1.44. The van der Waals surface area contributed by atoms with Crippen LogP contribution in [0, 0.1) is 6.92 Å². The van der Waals surface area contributed by atoms with Gasteiger partial charge in [-0.3, -0.25) is 9.23 Å². The van der Waals surface area contributed by atoms with Gasteiger partial charge in [-0.15, -0.1) is 11.3 Å². The molecule has 0 bridgehead atoms. The largest absolute Gasteiger partial charge is 0.476 e. The van der Waals surface area contributed by atoms with Crippen LogP contribution in [0.5, 0.6) is 0 Å². The molecule has 1 unspecified atom stereocenters. The summed E-state index contributed by atoms with van der Waals surface area (Å²) in [6.07, 6.45) is 1.43. The van der Waals surface area contributed by atoms with Crippen LogP contribution >= 0.6 is 11.3 Å². The van der Waals surface area contributed by atoms with Crippen molar-refractivity contribution < 1.29 is 18.7 Å². The maximum absolute atomic E-state index is 11.6. The van der Waals surface area contributed by atoms with Crippen LogP contribution in [-0.2, 0) is 17.8 Å². The predicted octanol–water partition coefficient (Wildman–Crippen LogP) is 1.64. The van der Waals surface area contributed by atoms with Crippen LogP contribution in [0.1, 0.15) is 23.1 Å². The number of rotatable bonds is 5. The molecular weight excluding hydrogens is 304 g/mol. The van der Waals surface area contributed by atoms with Crippen molar-refractivity contribution in [2.45, 2.75) is 20.4 Å². The number of thiazole rings is 1. The Labute approximate surface area is 121 Å². The third-order valence-electron chi connectivity index (χ3n) is 2.69. The molecule has 0 aliphatic heterocycles. The fraction of sp³-hybridized carbons (Fsp3) is 0.300. The number of aryl methyl sites for hydroxylation is 1. The number of hydrogen-bond acceptors (Lipinski definition) is 5. The summed E-state index contributed by atoms with van der Waals surface area (Å²) in [4.78, 5) is 14.8. The molecule has 0 saturated carbocycles. The monoisotopic (exact) mass is 316 g/mol. The molecule has 0 aliphatic carbocycles. The Morgan fingerprint density at radius 1 is 1.60 bits per heavy atom. The molecule has 2 aromatic heterocycles. The highest BCUT2D eigenvalue weighted by molar-refractivity contribution is 7.81. The summed E-state index contributed by atoms with van der Waals surface area (Å²) in [6, 6.07) is 0. The lowest BCUT2D eigenvalue weighted by Crippen LogP contribution is -2.21. The molecule has 1 atom stereocenters. The smallest absolute Gasteiger partial charge is 0.357 e. The van der Waals surface area contributed by atoms with Crippen LogP contribution in [0.2, 0.25) is 0 Å². The van der Waals surface area contributed by atoms with E-state index in [9.17, 15) is 13.6 Å². The first-order valence-corrected chi connectivity index (χ1v) is 7.52. The van der Waals surface area contributed by atoms with Crippen LogP contribution in [0.4, 0.5) is 10.7 Å². The van der Waals surface area contributed by atoms with Gasteiger partial charge in [0.05, 0.1) is 23.1 Å². The maximum Gasteiger partial charge on any atom is 0.357 e. The second kappa shape index (κ2) is 5.69. The molecule has 0 aromatic carbocycles. The molecule has 0 amide bonds. The Kier molecular flexibility index (Phi) is 4.16. The molecule has 0 radical (unpaired) electrons. The van der Waals surface area contributed by atoms with Crippen molar-refractivity contribution in [3.63, 3.8) is 0 Å². The molecule has 2 rings (SSSR count). The lowest BCUT2D eigenvalue weighted by atomic mass is 10.3. The topological polar surface area (TPSA) is 109 Å². The van der Waals surface area contributed by atoms with E-state index < -0.39 is 17.2 Å². The van der Waals surface area contributed by atoms with Gasteiger partial charge in [0.15, 0.2) is 5.69 Å². The van der Waals surface area contributed by atoms with Gasteiger partial charge >= 0.3 is 5.97 Å². The number of nitrogens with zero attached hydrogens (tertiary/aromatic N) is 4. The highest BCUT2D eigenvalue weighted by Crippen LogP contribution is 2.34. The summed E-state index contributed by atoms with van der Waals surface area (Å²) in [5, 5.41) is 13.3. The van der Waals surface area contributed by atoms with Crippen molar-refractivity contribution in [1.29, 1.82) is 0 Å². The van der Waals surface area contributed by atoms with Gasteiger partial charge in [0, 0.05) is 6.54 Å². The van der Waals surface area contributed by atoms with Gasteiger partial charge in [-0.05, 0) is 13.8 Å². The maximum atomic E-state index is 11.6. The van der Waals surface area contributed by atoms with Crippen molar-refractivity contribution in [2.24, 2.45) is 0 Å². The van der Waals surface area contributed by atoms with E-state index in [1.807, 2.05) is 6.92 Å². The average Bonchev–Trinajstić information content (AvgIpc) is 2.98. The summed E-state index contributed by atoms with van der Waals surface area (Å²) in [7, 11) is 0. The molecule has 0 fully saturated rings. The summed E-state index contributed by atoms with van der Waals surface area (Å²) < 4.78 is 23.8. The number of carbonyl (C=O) groups is 1. The Morgan fingerprint density at radius 3 is 2.80 bits per heavy atom. The predicted molar refractivity (Wildman–Crippen MR) is 74.6 cm³/mol. The summed E-state index contributed by atoms with van der Waals surface area (Å²) in [5.74, 6) is -1.25. The Morgan fingerprint density at radius 2 is 2.30 bits per heavy atom. The molecule has 0 spiro atoms. The van der Waals surface area contributed by atoms with Crippen molar-refractivity contribution >= 4 is 39.3 Å². The van der Waals surface area contributed by atoms with E-state index in [0.29, 0.717) is 17.9 Å². The van der Waals surface area contributed by atoms with Crippen molar-refractivity contribution in [3.05, 3.63) is 23.1 Å². The zero-order valence-electron chi connectivity index (χ0n) is 10.7. The Bertz CT molecular complexity index is 666. The third kappa shape index (κ3) is 2.44. The molecule has 0 saturated heterocycles. The normalized spacial score (nSPS) is 12.3. The molecule has 0 aliphatic rings. The minimum absolute atomic E-state index is 0.0945. The first-order chi connectivity index (χ1) is 9.47. The summed E-state index contributed by atoms with van der Waals surface area (Å²) in [5.41, 5.74) is 2.10. The lowest BCUT2D eigenvalue weighted by molar-refractivity contribution is 0.0692. The van der Waals surface area contributed by atoms with Gasteiger partial charge in [0.2, 0.25) is 0 Å². The SMILES string of the molecule is CCn1ncc(N(c2scnc2C(=O)O)S(=O)O)c1C. The molecule has 10 heteroatoms. The molecular formula is C10H12N4O4S2. The zero-order valence-corrected chi connectivity index (χ0v) is 12.3. The van der Waals surface area contributed by atoms with Crippen LogP contribution in [0.15, 0.2) is 11.7 Å². The summed E-state index contributed by atoms with van der Waals surface area (Å²) in [6.45, 7) is 4.23. The molecule has 2 heterocycles. The number of carboxylic acid groups (broad SMARTS) is 1. The molecule has 2 aromatic rings. The minimum atomic E-state index is -2.42. The third-order valence-corrected chi connectivity index (χ3v) is 4.30. The standard InChI is InChI=1S/C10H12N4O4S2/c1-3-13-6(2)7(4-12-13)14(20(17)18)9-8(10(15)16)11-5-19-9/h4-5H,3H2,1-2H3,(H,15,16)(H,17,18). The minimum Gasteiger partial charge on any atom is -0.476 e. The van der Waals surface area contributed by atoms with Crippen LogP contribution < -0.4 is 4.31 Å². The van der Waals surface area contributed by atoms with E-state index in [0.717, 1.165) is 15.6 Å². The van der Waals surface area contributed by atoms with Gasteiger partial charge in [-0.2, -0.15) is 5.10 Å². The van der Waals surface area contributed by atoms with E-state index in [-0.39, 0.29) is 10.7 Å². The molecule has 108 valence electrons. The second-order valence-electron chi connectivity index (χ2n) is 3.77. The average molecular weight is 316 g/mol. The fourth-order valence-electron chi connectivity index (χ4n) is 1.75. The first kappa shape index (κ1) is 14.6. The molecule has 2 N–H and O–H groups in total. The van der Waals surface area contributed by atoms with Gasteiger partial charge in [-0.1, -0.05) is 0 Å². The lowest BCUT2D eigenvalue weighted by Gasteiger charge is -2.17. The van der Waals surface area contributed by atoms with E-state index in [1.165, 1.54) is 11.7 Å². The quantitative estimate of drug-likeness (QED) is 0.812. The van der Waals surface area contributed by atoms with Gasteiger partial charge in [0.1, 0.15) is 5.00 Å². The fourth-order valence-corrected chi connectivity index (χ4v) is 3.35. The Hall–Kier alpha value is -1.78. The van der Waals surface area contributed by atoms with E-state index in [2.05, 4.69) is 10.1 Å². The van der Waals surface area contributed by atoms with E-state index in [1.54, 1.807) is 11.6 Å². The number of carboxylic acids is 1. The van der Waals surface area contributed by atoms with Gasteiger partial charge in [-0.25, -0.2) is 18.3 Å². The number of hydrogen-bond donors (Lipinski definition) is 2. The van der Waals surface area contributed by atoms with E-state index in [4.69, 9.17) is 5.11 Å². The number of aromatic nitrogens is 3. The Balaban J connectivity index is 2.57. The number of anilines is 2. The molecule has 8 nitrogen and oxygen atoms in total. The van der Waals surface area contributed by atoms with Crippen LogP contribution in [0.25, 0.3) is 0 Å². The number of aromatic carboxylic acids is 1. The van der Waals surface area contributed by atoms with Gasteiger partial charge in [0.25, 0.3) is 11.3 Å². The van der Waals surface area contributed by atoms with Crippen molar-refractivity contribution in [1.82, 2.24) is 14.8 Å². The van der Waals surface area contributed by atoms with Crippen molar-refractivity contribution in [3.8, 4) is 0 Å². The molecule has 20 heavy (non-hydrogen) atoms. The van der Waals surface area contributed by atoms with E-state index >= 15 is 0 Å². The highest BCUT2D eigenvalue weighted by atomic mass is 32.2. The van der Waals surface area contributed by atoms with Crippen molar-refractivity contribution in [2.75, 3.05) is 4.31 Å². The zero-order chi connectivity index (χ0) is 14.9. The van der Waals surface area contributed by atoms with Crippen LogP contribution in [-0.4, -0.2) is 34.6 Å². The second-order valence-corrected chi connectivity index (χ2v) is 5.43. The first-order valence-electron chi connectivity index (χ1n) is 5.57. The highest BCUT2D eigenvalue weighted by Gasteiger charge is 2.27.